The first-order valence-corrected chi connectivity index (χ1v) is 8.12. The van der Waals surface area contributed by atoms with Gasteiger partial charge in [0.15, 0.2) is 0 Å². The predicted molar refractivity (Wildman–Crippen MR) is 96.9 cm³/mol. The van der Waals surface area contributed by atoms with Crippen molar-refractivity contribution >= 4 is 11.6 Å². The Labute approximate surface area is 142 Å². The van der Waals surface area contributed by atoms with E-state index in [-0.39, 0.29) is 5.91 Å². The van der Waals surface area contributed by atoms with E-state index in [9.17, 15) is 4.79 Å². The van der Waals surface area contributed by atoms with Gasteiger partial charge in [-0.25, -0.2) is 0 Å². The largest absolute Gasteiger partial charge is 0.326 e. The fourth-order valence-corrected chi connectivity index (χ4v) is 2.63. The second-order valence-corrected chi connectivity index (χ2v) is 5.73. The summed E-state index contributed by atoms with van der Waals surface area (Å²) in [5.41, 5.74) is 4.32. The first-order valence-electron chi connectivity index (χ1n) is 8.12. The second-order valence-electron chi connectivity index (χ2n) is 5.73. The van der Waals surface area contributed by atoms with Crippen LogP contribution >= 0.6 is 0 Å². The van der Waals surface area contributed by atoms with Crippen molar-refractivity contribution in [2.45, 2.75) is 19.3 Å². The highest BCUT2D eigenvalue weighted by atomic mass is 16.1. The molecule has 0 spiro atoms. The lowest BCUT2D eigenvalue weighted by atomic mass is 10.0. The highest BCUT2D eigenvalue weighted by Crippen LogP contribution is 2.19. The van der Waals surface area contributed by atoms with Gasteiger partial charge in [-0.15, -0.1) is 0 Å². The number of aryl methyl sites for hydroxylation is 1. The maximum Gasteiger partial charge on any atom is 0.224 e. The van der Waals surface area contributed by atoms with Gasteiger partial charge in [0.25, 0.3) is 0 Å². The molecule has 0 fully saturated rings. The van der Waals surface area contributed by atoms with Gasteiger partial charge in [0.1, 0.15) is 0 Å². The molecule has 0 unspecified atom stereocenters. The first-order chi connectivity index (χ1) is 11.8. The van der Waals surface area contributed by atoms with E-state index in [0.717, 1.165) is 23.2 Å². The zero-order chi connectivity index (χ0) is 16.6. The van der Waals surface area contributed by atoms with Crippen LogP contribution < -0.4 is 5.32 Å². The fourth-order valence-electron chi connectivity index (χ4n) is 2.63. The molecule has 120 valence electrons. The molecule has 3 aromatic rings. The van der Waals surface area contributed by atoms with Crippen LogP contribution in [0.2, 0.25) is 0 Å². The summed E-state index contributed by atoms with van der Waals surface area (Å²) < 4.78 is 0. The van der Waals surface area contributed by atoms with E-state index >= 15 is 0 Å². The summed E-state index contributed by atoms with van der Waals surface area (Å²) in [5, 5.41) is 3.04. The Morgan fingerprint density at radius 1 is 0.875 bits per heavy atom. The van der Waals surface area contributed by atoms with Crippen LogP contribution in [-0.4, -0.2) is 10.9 Å². The third-order valence-electron chi connectivity index (χ3n) is 3.89. The molecule has 3 heteroatoms. The summed E-state index contributed by atoms with van der Waals surface area (Å²) >= 11 is 0. The second kappa shape index (κ2) is 8.06. The minimum absolute atomic E-state index is 0.0272. The maximum absolute atomic E-state index is 12.3. The molecule has 1 aromatic heterocycles. The van der Waals surface area contributed by atoms with Crippen molar-refractivity contribution in [3.05, 3.63) is 95.8 Å². The summed E-state index contributed by atoms with van der Waals surface area (Å²) in [6.07, 6.45) is 5.49. The third kappa shape index (κ3) is 4.53. The number of carbonyl (C=O) groups excluding carboxylic acids is 1. The van der Waals surface area contributed by atoms with Crippen LogP contribution in [0.5, 0.6) is 0 Å². The van der Waals surface area contributed by atoms with Crippen LogP contribution in [0.1, 0.15) is 23.1 Å². The summed E-state index contributed by atoms with van der Waals surface area (Å²) in [4.78, 5) is 16.3. The number of pyridine rings is 1. The number of hydrogen-bond acceptors (Lipinski definition) is 2. The van der Waals surface area contributed by atoms with Gasteiger partial charge in [0.2, 0.25) is 5.91 Å². The average molecular weight is 316 g/mol. The molecule has 0 aliphatic carbocycles. The van der Waals surface area contributed by atoms with Crippen molar-refractivity contribution in [2.24, 2.45) is 0 Å². The zero-order valence-electron chi connectivity index (χ0n) is 13.5. The van der Waals surface area contributed by atoms with Crippen molar-refractivity contribution in [1.29, 1.82) is 0 Å². The van der Waals surface area contributed by atoms with Crippen LogP contribution in [0.4, 0.5) is 5.69 Å². The van der Waals surface area contributed by atoms with E-state index in [2.05, 4.69) is 28.5 Å². The van der Waals surface area contributed by atoms with Gasteiger partial charge in [-0.1, -0.05) is 54.6 Å². The van der Waals surface area contributed by atoms with Gasteiger partial charge >= 0.3 is 0 Å². The molecule has 1 N–H and O–H groups in total. The van der Waals surface area contributed by atoms with Crippen molar-refractivity contribution in [3.8, 4) is 0 Å². The lowest BCUT2D eigenvalue weighted by molar-refractivity contribution is -0.116. The fraction of sp³-hybridized carbons (Fsp3) is 0.143. The smallest absolute Gasteiger partial charge is 0.224 e. The van der Waals surface area contributed by atoms with Crippen LogP contribution in [0.15, 0.2) is 79.1 Å². The Balaban J connectivity index is 1.63. The lowest BCUT2D eigenvalue weighted by Crippen LogP contribution is -2.13. The summed E-state index contributed by atoms with van der Waals surface area (Å²) in [5.74, 6) is 0.0272. The number of amides is 1. The molecule has 24 heavy (non-hydrogen) atoms. The molecule has 0 aliphatic heterocycles. The number of aromatic nitrogens is 1. The normalized spacial score (nSPS) is 10.3. The van der Waals surface area contributed by atoms with Crippen LogP contribution in [0, 0.1) is 0 Å². The molecule has 1 heterocycles. The molecular formula is C21H20N2O. The monoisotopic (exact) mass is 316 g/mol. The highest BCUT2D eigenvalue weighted by Gasteiger charge is 2.07. The lowest BCUT2D eigenvalue weighted by Gasteiger charge is -2.11. The first kappa shape index (κ1) is 15.9. The van der Waals surface area contributed by atoms with E-state index in [1.165, 1.54) is 5.56 Å². The minimum atomic E-state index is 0.0272. The van der Waals surface area contributed by atoms with Crippen LogP contribution in [0.25, 0.3) is 0 Å². The van der Waals surface area contributed by atoms with Gasteiger partial charge in [0.05, 0.1) is 0 Å². The minimum Gasteiger partial charge on any atom is -0.326 e. The number of anilines is 1. The van der Waals surface area contributed by atoms with E-state index in [0.29, 0.717) is 12.8 Å². The van der Waals surface area contributed by atoms with E-state index in [1.54, 1.807) is 12.4 Å². The van der Waals surface area contributed by atoms with Crippen molar-refractivity contribution in [1.82, 2.24) is 4.98 Å². The molecular weight excluding hydrogens is 296 g/mol. The van der Waals surface area contributed by atoms with Crippen molar-refractivity contribution in [3.63, 3.8) is 0 Å². The van der Waals surface area contributed by atoms with E-state index in [4.69, 9.17) is 0 Å². The summed E-state index contributed by atoms with van der Waals surface area (Å²) in [7, 11) is 0. The third-order valence-corrected chi connectivity index (χ3v) is 3.89. The predicted octanol–water partition coefficient (Wildman–Crippen LogP) is 4.24. The SMILES string of the molecule is O=C(CCc1cccnc1)Nc1ccccc1Cc1ccccc1. The molecule has 0 atom stereocenters. The molecule has 0 bridgehead atoms. The molecule has 3 rings (SSSR count). The number of hydrogen-bond donors (Lipinski definition) is 1. The van der Waals surface area contributed by atoms with Crippen LogP contribution in [-0.2, 0) is 17.6 Å². The highest BCUT2D eigenvalue weighted by molar-refractivity contribution is 5.91. The molecule has 0 radical (unpaired) electrons. The molecule has 0 saturated heterocycles. The summed E-state index contributed by atoms with van der Waals surface area (Å²) in [6, 6.07) is 22.1. The molecule has 2 aromatic carbocycles. The quantitative estimate of drug-likeness (QED) is 0.739. The van der Waals surface area contributed by atoms with Gasteiger partial charge in [-0.2, -0.15) is 0 Å². The van der Waals surface area contributed by atoms with Gasteiger partial charge in [-0.05, 0) is 41.7 Å². The number of rotatable bonds is 6. The zero-order valence-corrected chi connectivity index (χ0v) is 13.5. The van der Waals surface area contributed by atoms with Crippen molar-refractivity contribution < 1.29 is 4.79 Å². The topological polar surface area (TPSA) is 42.0 Å². The van der Waals surface area contributed by atoms with E-state index < -0.39 is 0 Å². The Morgan fingerprint density at radius 2 is 1.62 bits per heavy atom. The number of nitrogens with zero attached hydrogens (tertiary/aromatic N) is 1. The summed E-state index contributed by atoms with van der Waals surface area (Å²) in [6.45, 7) is 0. The standard InChI is InChI=1S/C21H20N2O/c24-21(13-12-18-9-6-14-22-16-18)23-20-11-5-4-10-19(20)15-17-7-2-1-3-8-17/h1-11,14,16H,12-13,15H2,(H,23,24). The number of carbonyl (C=O) groups is 1. The van der Waals surface area contributed by atoms with Gasteiger partial charge in [0, 0.05) is 24.5 Å². The molecule has 0 saturated carbocycles. The Bertz CT molecular complexity index is 785. The van der Waals surface area contributed by atoms with Gasteiger partial charge in [-0.3, -0.25) is 9.78 Å². The Morgan fingerprint density at radius 3 is 2.42 bits per heavy atom. The number of para-hydroxylation sites is 1. The van der Waals surface area contributed by atoms with Gasteiger partial charge < -0.3 is 5.32 Å². The Hall–Kier alpha value is -2.94. The molecule has 3 nitrogen and oxygen atoms in total. The number of nitrogens with one attached hydrogen (secondary N) is 1. The maximum atomic E-state index is 12.3. The molecule has 0 aliphatic rings. The van der Waals surface area contributed by atoms with Crippen molar-refractivity contribution in [2.75, 3.05) is 5.32 Å². The van der Waals surface area contributed by atoms with Crippen LogP contribution in [0.3, 0.4) is 0 Å². The average Bonchev–Trinajstić information content (AvgIpc) is 2.63. The Kier molecular flexibility index (Phi) is 5.36. The number of benzene rings is 2. The van der Waals surface area contributed by atoms with E-state index in [1.807, 2.05) is 48.5 Å². The molecule has 1 amide bonds.